The second-order valence-electron chi connectivity index (χ2n) is 6.57. The Kier molecular flexibility index (Phi) is 6.19. The molecule has 3 rings (SSSR count). The number of rotatable bonds is 7. The first-order valence-electron chi connectivity index (χ1n) is 9.19. The number of ether oxygens (including phenoxy) is 2. The highest BCUT2D eigenvalue weighted by atomic mass is 16.5. The maximum atomic E-state index is 12.8. The second kappa shape index (κ2) is 8.79. The van der Waals surface area contributed by atoms with Crippen LogP contribution in [0.2, 0.25) is 0 Å². The number of Topliss-reactive ketones (excluding diaryl/α,β-unsaturated/α-hetero) is 1. The topological polar surface area (TPSA) is 96.3 Å². The highest BCUT2D eigenvalue weighted by Gasteiger charge is 2.45. The lowest BCUT2D eigenvalue weighted by atomic mass is 9.95. The van der Waals surface area contributed by atoms with E-state index in [1.807, 2.05) is 0 Å². The van der Waals surface area contributed by atoms with Crippen molar-refractivity contribution in [1.29, 1.82) is 0 Å². The van der Waals surface area contributed by atoms with Crippen LogP contribution in [-0.4, -0.2) is 54.2 Å². The minimum Gasteiger partial charge on any atom is -0.507 e. The zero-order valence-electron chi connectivity index (χ0n) is 16.3. The number of carbonyl (C=O) groups excluding carboxylic acids is 2. The third-order valence-corrected chi connectivity index (χ3v) is 4.89. The number of ketones is 1. The maximum absolute atomic E-state index is 12.8. The molecule has 0 bridgehead atoms. The molecule has 1 heterocycles. The van der Waals surface area contributed by atoms with Crippen molar-refractivity contribution in [3.63, 3.8) is 0 Å². The molecule has 1 aliphatic rings. The van der Waals surface area contributed by atoms with Gasteiger partial charge in [0.1, 0.15) is 17.3 Å². The molecule has 0 aromatic heterocycles. The molecule has 1 aliphatic heterocycles. The van der Waals surface area contributed by atoms with E-state index in [0.29, 0.717) is 29.0 Å². The number of aliphatic hydroxyl groups is 2. The average molecular weight is 397 g/mol. The van der Waals surface area contributed by atoms with E-state index in [0.717, 1.165) is 0 Å². The number of benzene rings is 2. The summed E-state index contributed by atoms with van der Waals surface area (Å²) >= 11 is 0. The zero-order valence-corrected chi connectivity index (χ0v) is 16.3. The number of amides is 1. The van der Waals surface area contributed by atoms with Gasteiger partial charge in [-0.3, -0.25) is 9.59 Å². The number of hydrogen-bond acceptors (Lipinski definition) is 6. The first-order valence-corrected chi connectivity index (χ1v) is 9.19. The summed E-state index contributed by atoms with van der Waals surface area (Å²) in [6.07, 6.45) is 0.322. The number of likely N-dealkylation sites (tertiary alicyclic amines) is 1. The molecule has 2 N–H and O–H groups in total. The molecular weight excluding hydrogens is 374 g/mol. The number of hydrogen-bond donors (Lipinski definition) is 2. The maximum Gasteiger partial charge on any atom is 0.295 e. The Hall–Kier alpha value is -3.32. The van der Waals surface area contributed by atoms with Crippen LogP contribution in [0.5, 0.6) is 11.5 Å². The van der Waals surface area contributed by atoms with Crippen molar-refractivity contribution in [2.24, 2.45) is 0 Å². The van der Waals surface area contributed by atoms with E-state index in [-0.39, 0.29) is 24.5 Å². The lowest BCUT2D eigenvalue weighted by Crippen LogP contribution is -2.31. The summed E-state index contributed by atoms with van der Waals surface area (Å²) in [5.74, 6) is -0.461. The largest absolute Gasteiger partial charge is 0.507 e. The summed E-state index contributed by atoms with van der Waals surface area (Å²) in [6.45, 7) is 0.0774. The van der Waals surface area contributed by atoms with Crippen molar-refractivity contribution in [2.75, 3.05) is 27.4 Å². The second-order valence-corrected chi connectivity index (χ2v) is 6.57. The van der Waals surface area contributed by atoms with Gasteiger partial charge >= 0.3 is 0 Å². The molecular formula is C22H23NO6. The smallest absolute Gasteiger partial charge is 0.295 e. The Morgan fingerprint density at radius 3 is 2.03 bits per heavy atom. The number of methoxy groups -OCH3 is 2. The van der Waals surface area contributed by atoms with Gasteiger partial charge in [0.15, 0.2) is 0 Å². The summed E-state index contributed by atoms with van der Waals surface area (Å²) < 4.78 is 10.3. The third-order valence-electron chi connectivity index (χ3n) is 4.89. The molecule has 0 spiro atoms. The molecule has 1 amide bonds. The van der Waals surface area contributed by atoms with E-state index in [1.165, 1.54) is 12.0 Å². The summed E-state index contributed by atoms with van der Waals surface area (Å²) in [6, 6.07) is 12.8. The molecule has 29 heavy (non-hydrogen) atoms. The summed E-state index contributed by atoms with van der Waals surface area (Å²) in [5.41, 5.74) is 1.09. The van der Waals surface area contributed by atoms with Crippen LogP contribution in [0.1, 0.15) is 23.6 Å². The van der Waals surface area contributed by atoms with Crippen molar-refractivity contribution in [1.82, 2.24) is 4.90 Å². The molecule has 1 fully saturated rings. The van der Waals surface area contributed by atoms with Crippen molar-refractivity contribution in [2.45, 2.75) is 12.5 Å². The first-order chi connectivity index (χ1) is 14.0. The van der Waals surface area contributed by atoms with Gasteiger partial charge in [-0.15, -0.1) is 0 Å². The Bertz CT molecular complexity index is 917. The molecule has 2 aromatic rings. The van der Waals surface area contributed by atoms with E-state index in [1.54, 1.807) is 55.6 Å². The normalized spacial score (nSPS) is 18.2. The van der Waals surface area contributed by atoms with Crippen LogP contribution >= 0.6 is 0 Å². The lowest BCUT2D eigenvalue weighted by molar-refractivity contribution is -0.140. The molecule has 2 aromatic carbocycles. The van der Waals surface area contributed by atoms with Gasteiger partial charge in [-0.05, 0) is 48.4 Å². The Morgan fingerprint density at radius 1 is 0.966 bits per heavy atom. The Labute approximate surface area is 168 Å². The summed E-state index contributed by atoms with van der Waals surface area (Å²) in [5, 5.41) is 20.1. The van der Waals surface area contributed by atoms with Gasteiger partial charge in [-0.1, -0.05) is 12.1 Å². The highest BCUT2D eigenvalue weighted by Crippen LogP contribution is 2.40. The third kappa shape index (κ3) is 3.95. The van der Waals surface area contributed by atoms with Crippen molar-refractivity contribution >= 4 is 17.4 Å². The average Bonchev–Trinajstić information content (AvgIpc) is 3.02. The minimum absolute atomic E-state index is 0.0169. The fourth-order valence-corrected chi connectivity index (χ4v) is 3.39. The molecule has 7 heteroatoms. The predicted molar refractivity (Wildman–Crippen MR) is 107 cm³/mol. The monoisotopic (exact) mass is 397 g/mol. The van der Waals surface area contributed by atoms with E-state index in [4.69, 9.17) is 9.47 Å². The van der Waals surface area contributed by atoms with Crippen LogP contribution in [0.15, 0.2) is 54.1 Å². The molecule has 0 saturated carbocycles. The highest BCUT2D eigenvalue weighted by molar-refractivity contribution is 6.46. The van der Waals surface area contributed by atoms with Gasteiger partial charge in [-0.2, -0.15) is 0 Å². The molecule has 0 aliphatic carbocycles. The van der Waals surface area contributed by atoms with Crippen LogP contribution in [0.25, 0.3) is 5.76 Å². The van der Waals surface area contributed by atoms with Gasteiger partial charge in [-0.25, -0.2) is 0 Å². The van der Waals surface area contributed by atoms with E-state index in [9.17, 15) is 19.8 Å². The number of nitrogens with zero attached hydrogens (tertiary/aromatic N) is 1. The first kappa shape index (κ1) is 20.4. The molecule has 7 nitrogen and oxygen atoms in total. The van der Waals surface area contributed by atoms with Gasteiger partial charge in [0.05, 0.1) is 25.8 Å². The quantitative estimate of drug-likeness (QED) is 0.423. The van der Waals surface area contributed by atoms with E-state index < -0.39 is 17.7 Å². The summed E-state index contributed by atoms with van der Waals surface area (Å²) in [4.78, 5) is 26.9. The van der Waals surface area contributed by atoms with Gasteiger partial charge in [0.2, 0.25) is 0 Å². The minimum atomic E-state index is -0.755. The fourth-order valence-electron chi connectivity index (χ4n) is 3.39. The Morgan fingerprint density at radius 2 is 1.52 bits per heavy atom. The van der Waals surface area contributed by atoms with Crippen LogP contribution in [-0.2, 0) is 9.59 Å². The zero-order chi connectivity index (χ0) is 21.0. The SMILES string of the molecule is COc1ccc(C(O)=C2C(=O)C(=O)N(CCCO)[C@@H]2c2ccc(OC)cc2)cc1. The van der Waals surface area contributed by atoms with Crippen molar-refractivity contribution < 1.29 is 29.3 Å². The number of aliphatic hydroxyl groups excluding tert-OH is 2. The predicted octanol–water partition coefficient (Wildman–Crippen LogP) is 2.51. The molecule has 1 saturated heterocycles. The Balaban J connectivity index is 2.11. The van der Waals surface area contributed by atoms with Gasteiger partial charge < -0.3 is 24.6 Å². The van der Waals surface area contributed by atoms with Crippen molar-refractivity contribution in [3.05, 3.63) is 65.2 Å². The fraction of sp³-hybridized carbons (Fsp3) is 0.273. The van der Waals surface area contributed by atoms with Crippen LogP contribution < -0.4 is 9.47 Å². The van der Waals surface area contributed by atoms with Crippen LogP contribution in [0.4, 0.5) is 0 Å². The van der Waals surface area contributed by atoms with E-state index >= 15 is 0 Å². The van der Waals surface area contributed by atoms with Gasteiger partial charge in [0.25, 0.3) is 11.7 Å². The molecule has 0 radical (unpaired) electrons. The lowest BCUT2D eigenvalue weighted by Gasteiger charge is -2.25. The van der Waals surface area contributed by atoms with Crippen LogP contribution in [0.3, 0.4) is 0 Å². The van der Waals surface area contributed by atoms with Gasteiger partial charge in [0, 0.05) is 18.7 Å². The number of carbonyl (C=O) groups is 2. The van der Waals surface area contributed by atoms with Crippen LogP contribution in [0, 0.1) is 0 Å². The molecule has 0 unspecified atom stereocenters. The summed E-state index contributed by atoms with van der Waals surface area (Å²) in [7, 11) is 3.08. The molecule has 1 atom stereocenters. The molecule has 152 valence electrons. The standard InChI is InChI=1S/C22H23NO6/c1-28-16-8-4-14(5-9-16)19-18(21(26)22(27)23(19)12-3-13-24)20(25)15-6-10-17(29-2)11-7-15/h4-11,19,24-25H,3,12-13H2,1-2H3/t19-/m1/s1. The van der Waals surface area contributed by atoms with E-state index in [2.05, 4.69) is 0 Å². The van der Waals surface area contributed by atoms with Crippen molar-refractivity contribution in [3.8, 4) is 11.5 Å².